The van der Waals surface area contributed by atoms with Gasteiger partial charge in [-0.15, -0.1) is 0 Å². The third-order valence-corrected chi connectivity index (χ3v) is 11.6. The SMILES string of the molecule is CC1(C)c2ccccc2-c2ccc(-c3c4ccccc4c(-c4cccc5c4C(C)(C)c4c-5ccc5ccccc45)c4ccccc34)cc21. The van der Waals surface area contributed by atoms with Crippen LogP contribution in [0.25, 0.3) is 76.8 Å². The number of fused-ring (bicyclic) bond motifs is 10. The molecule has 48 heavy (non-hydrogen) atoms. The average Bonchev–Trinajstić information content (AvgIpc) is 3.50. The molecule has 0 radical (unpaired) electrons. The lowest BCUT2D eigenvalue weighted by Crippen LogP contribution is -2.17. The Morgan fingerprint density at radius 2 is 0.854 bits per heavy atom. The molecule has 0 aliphatic heterocycles. The standard InChI is InChI=1S/C48H36/c1-47(2)41-23-12-11-16-32(41)33-26-25-30(28-42(33)47)43-34-17-7-9-19-36(34)44(37-20-10-8-18-35(37)43)40-22-13-21-38-39-27-24-29-14-5-6-15-31(29)45(39)48(3,4)46(38)40/h5-28H,1-4H3. The summed E-state index contributed by atoms with van der Waals surface area (Å²) in [5.74, 6) is 0. The molecule has 0 bridgehead atoms. The molecule has 0 amide bonds. The van der Waals surface area contributed by atoms with Crippen molar-refractivity contribution in [2.75, 3.05) is 0 Å². The second-order valence-corrected chi connectivity index (χ2v) is 14.8. The summed E-state index contributed by atoms with van der Waals surface area (Å²) < 4.78 is 0. The number of hydrogen-bond donors (Lipinski definition) is 0. The Labute approximate surface area is 282 Å². The summed E-state index contributed by atoms with van der Waals surface area (Å²) >= 11 is 0. The molecule has 0 unspecified atom stereocenters. The van der Waals surface area contributed by atoms with Crippen LogP contribution in [0, 0.1) is 0 Å². The Balaban J connectivity index is 1.27. The Hall–Kier alpha value is -5.46. The molecule has 2 aliphatic carbocycles. The van der Waals surface area contributed by atoms with Gasteiger partial charge >= 0.3 is 0 Å². The van der Waals surface area contributed by atoms with Crippen LogP contribution in [0.4, 0.5) is 0 Å². The van der Waals surface area contributed by atoms with Gasteiger partial charge in [0.2, 0.25) is 0 Å². The van der Waals surface area contributed by atoms with Gasteiger partial charge in [0, 0.05) is 10.8 Å². The second kappa shape index (κ2) is 9.55. The van der Waals surface area contributed by atoms with Crippen LogP contribution in [-0.2, 0) is 10.8 Å². The predicted octanol–water partition coefficient (Wildman–Crippen LogP) is 13.1. The van der Waals surface area contributed by atoms with E-state index in [9.17, 15) is 0 Å². The fourth-order valence-corrected chi connectivity index (χ4v) is 9.54. The fraction of sp³-hybridized carbons (Fsp3) is 0.125. The molecular formula is C48H36. The summed E-state index contributed by atoms with van der Waals surface area (Å²) in [4.78, 5) is 0. The van der Waals surface area contributed by atoms with Crippen molar-refractivity contribution in [1.82, 2.24) is 0 Å². The molecule has 0 aromatic heterocycles. The van der Waals surface area contributed by atoms with Crippen molar-refractivity contribution in [3.63, 3.8) is 0 Å². The highest BCUT2D eigenvalue weighted by atomic mass is 14.4. The molecule has 8 aromatic rings. The summed E-state index contributed by atoms with van der Waals surface area (Å²) in [6.45, 7) is 9.60. The van der Waals surface area contributed by atoms with Gasteiger partial charge in [-0.3, -0.25) is 0 Å². The zero-order valence-electron chi connectivity index (χ0n) is 27.9. The molecule has 0 N–H and O–H groups in total. The van der Waals surface area contributed by atoms with E-state index in [1.54, 1.807) is 0 Å². The summed E-state index contributed by atoms with van der Waals surface area (Å²) in [5, 5.41) is 7.87. The maximum atomic E-state index is 2.48. The lowest BCUT2D eigenvalue weighted by atomic mass is 9.75. The lowest BCUT2D eigenvalue weighted by molar-refractivity contribution is 0.660. The minimum Gasteiger partial charge on any atom is -0.0619 e. The van der Waals surface area contributed by atoms with E-state index in [1.807, 2.05) is 0 Å². The van der Waals surface area contributed by atoms with Crippen molar-refractivity contribution in [3.8, 4) is 44.5 Å². The van der Waals surface area contributed by atoms with E-state index >= 15 is 0 Å². The minimum atomic E-state index is -0.163. The maximum absolute atomic E-state index is 2.48. The van der Waals surface area contributed by atoms with Crippen molar-refractivity contribution < 1.29 is 0 Å². The van der Waals surface area contributed by atoms with Crippen molar-refractivity contribution in [1.29, 1.82) is 0 Å². The summed E-state index contributed by atoms with van der Waals surface area (Å²) in [7, 11) is 0. The molecule has 0 heteroatoms. The smallest absolute Gasteiger partial charge is 0.0171 e. The first-order valence-corrected chi connectivity index (χ1v) is 17.2. The van der Waals surface area contributed by atoms with Gasteiger partial charge in [-0.25, -0.2) is 0 Å². The van der Waals surface area contributed by atoms with Gasteiger partial charge in [-0.1, -0.05) is 167 Å². The van der Waals surface area contributed by atoms with Gasteiger partial charge in [0.05, 0.1) is 0 Å². The van der Waals surface area contributed by atoms with Crippen LogP contribution >= 0.6 is 0 Å². The van der Waals surface area contributed by atoms with Gasteiger partial charge in [0.25, 0.3) is 0 Å². The third kappa shape index (κ3) is 3.50. The topological polar surface area (TPSA) is 0 Å². The number of hydrogen-bond acceptors (Lipinski definition) is 0. The normalized spacial score (nSPS) is 15.0. The lowest BCUT2D eigenvalue weighted by Gasteiger charge is -2.27. The molecule has 0 fully saturated rings. The fourth-order valence-electron chi connectivity index (χ4n) is 9.54. The van der Waals surface area contributed by atoms with Crippen LogP contribution in [0.1, 0.15) is 49.9 Å². The second-order valence-electron chi connectivity index (χ2n) is 14.8. The predicted molar refractivity (Wildman–Crippen MR) is 205 cm³/mol. The van der Waals surface area contributed by atoms with Crippen molar-refractivity contribution in [3.05, 3.63) is 168 Å². The maximum Gasteiger partial charge on any atom is 0.0171 e. The van der Waals surface area contributed by atoms with E-state index in [1.165, 1.54) is 99.1 Å². The van der Waals surface area contributed by atoms with E-state index in [-0.39, 0.29) is 10.8 Å². The van der Waals surface area contributed by atoms with Crippen molar-refractivity contribution in [2.45, 2.75) is 38.5 Å². The van der Waals surface area contributed by atoms with Gasteiger partial charge in [0.1, 0.15) is 0 Å². The van der Waals surface area contributed by atoms with E-state index in [0.29, 0.717) is 0 Å². The molecule has 228 valence electrons. The highest BCUT2D eigenvalue weighted by Gasteiger charge is 2.40. The Kier molecular flexibility index (Phi) is 5.50. The molecule has 8 aromatic carbocycles. The van der Waals surface area contributed by atoms with Crippen molar-refractivity contribution in [2.24, 2.45) is 0 Å². The molecule has 0 nitrogen and oxygen atoms in total. The summed E-state index contributed by atoms with van der Waals surface area (Å²) in [6, 6.07) is 54.8. The van der Waals surface area contributed by atoms with Gasteiger partial charge in [0.15, 0.2) is 0 Å². The molecule has 0 saturated carbocycles. The Morgan fingerprint density at radius 3 is 1.58 bits per heavy atom. The largest absolute Gasteiger partial charge is 0.0619 e. The van der Waals surface area contributed by atoms with Gasteiger partial charge in [-0.05, 0) is 105 Å². The Bertz CT molecular complexity index is 2610. The monoisotopic (exact) mass is 612 g/mol. The quantitative estimate of drug-likeness (QED) is 0.170. The molecule has 0 saturated heterocycles. The van der Waals surface area contributed by atoms with Gasteiger partial charge < -0.3 is 0 Å². The van der Waals surface area contributed by atoms with Crippen molar-refractivity contribution >= 4 is 32.3 Å². The summed E-state index contributed by atoms with van der Waals surface area (Å²) in [5.41, 5.74) is 16.2. The summed E-state index contributed by atoms with van der Waals surface area (Å²) in [6.07, 6.45) is 0. The Morgan fingerprint density at radius 1 is 0.333 bits per heavy atom. The highest BCUT2D eigenvalue weighted by molar-refractivity contribution is 6.22. The van der Waals surface area contributed by atoms with Gasteiger partial charge in [-0.2, -0.15) is 0 Å². The van der Waals surface area contributed by atoms with E-state index in [2.05, 4.69) is 173 Å². The van der Waals surface area contributed by atoms with Crippen LogP contribution in [0.3, 0.4) is 0 Å². The molecule has 0 spiro atoms. The molecule has 0 heterocycles. The van der Waals surface area contributed by atoms with Crippen LogP contribution in [0.15, 0.2) is 146 Å². The van der Waals surface area contributed by atoms with Crippen LogP contribution in [-0.4, -0.2) is 0 Å². The van der Waals surface area contributed by atoms with Crippen LogP contribution < -0.4 is 0 Å². The first-order chi connectivity index (χ1) is 23.4. The zero-order chi connectivity index (χ0) is 32.4. The number of benzene rings is 8. The molecule has 0 atom stereocenters. The highest BCUT2D eigenvalue weighted by Crippen LogP contribution is 2.56. The molecule has 2 aliphatic rings. The average molecular weight is 613 g/mol. The van der Waals surface area contributed by atoms with Crippen LogP contribution in [0.2, 0.25) is 0 Å². The third-order valence-electron chi connectivity index (χ3n) is 11.6. The van der Waals surface area contributed by atoms with E-state index in [4.69, 9.17) is 0 Å². The molecular weight excluding hydrogens is 577 g/mol. The van der Waals surface area contributed by atoms with E-state index < -0.39 is 0 Å². The number of rotatable bonds is 2. The first-order valence-electron chi connectivity index (χ1n) is 17.2. The van der Waals surface area contributed by atoms with E-state index in [0.717, 1.165) is 0 Å². The first kappa shape index (κ1) is 27.6. The zero-order valence-corrected chi connectivity index (χ0v) is 27.9. The van der Waals surface area contributed by atoms with Crippen LogP contribution in [0.5, 0.6) is 0 Å². The molecule has 10 rings (SSSR count). The minimum absolute atomic E-state index is 0.0527.